The molecule has 0 amide bonds. The topological polar surface area (TPSA) is 48.8 Å². The Labute approximate surface area is 331 Å². The highest BCUT2D eigenvalue weighted by Gasteiger charge is 2.25. The fraction of sp³-hybridized carbons (Fsp3) is 0.0784. The van der Waals surface area contributed by atoms with E-state index in [0.717, 1.165) is 66.9 Å². The summed E-state index contributed by atoms with van der Waals surface area (Å²) in [5.74, 6) is 2.07. The largest absolute Gasteiger partial charge is 0.439 e. The van der Waals surface area contributed by atoms with Gasteiger partial charge in [0.05, 0.1) is 11.0 Å². The van der Waals surface area contributed by atoms with Crippen molar-refractivity contribution in [2.75, 3.05) is 0 Å². The van der Waals surface area contributed by atoms with E-state index in [-0.39, 0.29) is 5.41 Å². The molecule has 0 saturated carbocycles. The highest BCUT2D eigenvalue weighted by atomic mass is 16.5. The summed E-state index contributed by atoms with van der Waals surface area (Å²) in [6.45, 7) is 6.69. The zero-order valence-corrected chi connectivity index (χ0v) is 32.0. The Morgan fingerprint density at radius 1 is 0.544 bits per heavy atom. The Kier molecular flexibility index (Phi) is 8.26. The number of aromatic nitrogens is 5. The van der Waals surface area contributed by atoms with Crippen molar-refractivity contribution < 1.29 is 9.30 Å². The predicted molar refractivity (Wildman–Crippen MR) is 231 cm³/mol. The summed E-state index contributed by atoms with van der Waals surface area (Å²) in [4.78, 5) is 9.55. The normalized spacial score (nSPS) is 11.8. The monoisotopic (exact) mass is 738 g/mol. The standard InChI is InChI=1S/C51H40N5O/c1-51(2,3)37-27-29-52-48(31-37)56-44-22-11-10-19-42(44)43-26-25-39(33-47(43)56)57-49-32-38(28-30-53-49)54-34-55(46-24-13-12-23-45(46)54)50-40(35-15-6-4-7-16-35)20-14-21-41(50)36-17-8-5-9-18-36/h4-34H,1-3H3/q+1. The van der Waals surface area contributed by atoms with E-state index in [1.165, 1.54) is 10.9 Å². The number of hydrogen-bond acceptors (Lipinski definition) is 3. The van der Waals surface area contributed by atoms with Crippen LogP contribution in [0.3, 0.4) is 0 Å². The second kappa shape index (κ2) is 13.8. The first-order chi connectivity index (χ1) is 27.9. The molecule has 0 atom stereocenters. The van der Waals surface area contributed by atoms with E-state index >= 15 is 0 Å². The van der Waals surface area contributed by atoms with Gasteiger partial charge in [-0.3, -0.25) is 4.57 Å². The summed E-state index contributed by atoms with van der Waals surface area (Å²) in [5.41, 5.74) is 12.1. The number of ether oxygens (including phenoxy) is 1. The number of para-hydroxylation sites is 4. The SMILES string of the molecule is CC(C)(C)c1ccnc(-n2c3ccccc3c3ccc(Oc4cc(-n5c[n+](-c6c(-c7ccccc7)cccc6-c6ccccc6)c6ccccc65)ccn4)cc32)c1. The van der Waals surface area contributed by atoms with Gasteiger partial charge in [-0.1, -0.05) is 130 Å². The number of benzene rings is 6. The van der Waals surface area contributed by atoms with Crippen molar-refractivity contribution in [2.45, 2.75) is 26.2 Å². The van der Waals surface area contributed by atoms with Gasteiger partial charge >= 0.3 is 0 Å². The summed E-state index contributed by atoms with van der Waals surface area (Å²) in [7, 11) is 0. The van der Waals surface area contributed by atoms with Crippen molar-refractivity contribution in [3.63, 3.8) is 0 Å². The van der Waals surface area contributed by atoms with Crippen molar-refractivity contribution in [3.8, 4) is 51.1 Å². The molecule has 6 aromatic carbocycles. The van der Waals surface area contributed by atoms with Crippen LogP contribution in [-0.4, -0.2) is 19.1 Å². The third-order valence-electron chi connectivity index (χ3n) is 10.8. The van der Waals surface area contributed by atoms with Gasteiger partial charge < -0.3 is 4.74 Å². The van der Waals surface area contributed by atoms with Crippen molar-refractivity contribution in [1.29, 1.82) is 0 Å². The number of imidazole rings is 1. The molecule has 0 fully saturated rings. The van der Waals surface area contributed by atoms with E-state index in [4.69, 9.17) is 14.7 Å². The Morgan fingerprint density at radius 2 is 1.19 bits per heavy atom. The van der Waals surface area contributed by atoms with Crippen molar-refractivity contribution in [3.05, 3.63) is 194 Å². The van der Waals surface area contributed by atoms with Crippen molar-refractivity contribution in [2.24, 2.45) is 0 Å². The molecule has 0 aliphatic heterocycles. The number of hydrogen-bond donors (Lipinski definition) is 0. The molecule has 0 radical (unpaired) electrons. The maximum absolute atomic E-state index is 6.61. The molecule has 0 aliphatic carbocycles. The van der Waals surface area contributed by atoms with Crippen LogP contribution in [0.5, 0.6) is 11.6 Å². The molecule has 4 aromatic heterocycles. The molecule has 4 heterocycles. The Balaban J connectivity index is 1.08. The van der Waals surface area contributed by atoms with E-state index in [2.05, 4.69) is 192 Å². The van der Waals surface area contributed by atoms with E-state index in [1.807, 2.05) is 30.6 Å². The molecule has 0 spiro atoms. The lowest BCUT2D eigenvalue weighted by molar-refractivity contribution is -0.566. The van der Waals surface area contributed by atoms with Crippen LogP contribution < -0.4 is 9.30 Å². The fourth-order valence-electron chi connectivity index (χ4n) is 7.99. The quantitative estimate of drug-likeness (QED) is 0.153. The van der Waals surface area contributed by atoms with Gasteiger partial charge in [-0.05, 0) is 64.6 Å². The molecule has 10 aromatic rings. The van der Waals surface area contributed by atoms with Gasteiger partial charge in [0.15, 0.2) is 11.0 Å². The third kappa shape index (κ3) is 6.12. The van der Waals surface area contributed by atoms with Crippen LogP contribution in [0.4, 0.5) is 0 Å². The van der Waals surface area contributed by atoms with Gasteiger partial charge in [-0.25, -0.2) is 9.97 Å². The average Bonchev–Trinajstić information content (AvgIpc) is 3.80. The summed E-state index contributed by atoms with van der Waals surface area (Å²) in [5, 5.41) is 2.30. The fourth-order valence-corrected chi connectivity index (χ4v) is 7.99. The molecule has 57 heavy (non-hydrogen) atoms. The summed E-state index contributed by atoms with van der Waals surface area (Å²) < 4.78 is 13.4. The maximum atomic E-state index is 6.61. The summed E-state index contributed by atoms with van der Waals surface area (Å²) in [6.07, 6.45) is 5.90. The van der Waals surface area contributed by atoms with Gasteiger partial charge in [0, 0.05) is 52.5 Å². The lowest BCUT2D eigenvalue weighted by atomic mass is 9.88. The Hall–Kier alpha value is -7.31. The first kappa shape index (κ1) is 34.2. The highest BCUT2D eigenvalue weighted by Crippen LogP contribution is 2.37. The molecule has 0 unspecified atom stereocenters. The number of rotatable bonds is 7. The van der Waals surface area contributed by atoms with Crippen LogP contribution in [-0.2, 0) is 5.41 Å². The lowest BCUT2D eigenvalue weighted by Gasteiger charge is -2.20. The molecule has 0 saturated heterocycles. The lowest BCUT2D eigenvalue weighted by Crippen LogP contribution is -2.30. The van der Waals surface area contributed by atoms with Gasteiger partial charge in [-0.2, -0.15) is 9.13 Å². The van der Waals surface area contributed by atoms with Gasteiger partial charge in [0.2, 0.25) is 5.88 Å². The zero-order chi connectivity index (χ0) is 38.5. The molecule has 0 bridgehead atoms. The van der Waals surface area contributed by atoms with E-state index in [9.17, 15) is 0 Å². The second-order valence-electron chi connectivity index (χ2n) is 15.4. The molecular weight excluding hydrogens is 699 g/mol. The van der Waals surface area contributed by atoms with Crippen LogP contribution in [0, 0.1) is 0 Å². The molecule has 6 heteroatoms. The molecule has 6 nitrogen and oxygen atoms in total. The highest BCUT2D eigenvalue weighted by molar-refractivity contribution is 6.09. The molecule has 274 valence electrons. The first-order valence-electron chi connectivity index (χ1n) is 19.3. The average molecular weight is 739 g/mol. The minimum absolute atomic E-state index is 0.0127. The molecule has 0 aliphatic rings. The Bertz CT molecular complexity index is 3030. The molecule has 10 rings (SSSR count). The molecule has 0 N–H and O–H groups in total. The van der Waals surface area contributed by atoms with E-state index in [0.29, 0.717) is 11.6 Å². The van der Waals surface area contributed by atoms with Crippen LogP contribution in [0.1, 0.15) is 26.3 Å². The number of nitrogens with zero attached hydrogens (tertiary/aromatic N) is 5. The first-order valence-corrected chi connectivity index (χ1v) is 19.3. The number of fused-ring (bicyclic) bond motifs is 4. The van der Waals surface area contributed by atoms with Crippen LogP contribution >= 0.6 is 0 Å². The zero-order valence-electron chi connectivity index (χ0n) is 32.0. The van der Waals surface area contributed by atoms with E-state index < -0.39 is 0 Å². The second-order valence-corrected chi connectivity index (χ2v) is 15.4. The maximum Gasteiger partial charge on any atom is 0.255 e. The van der Waals surface area contributed by atoms with Gasteiger partial charge in [-0.15, -0.1) is 0 Å². The van der Waals surface area contributed by atoms with E-state index in [1.54, 1.807) is 0 Å². The third-order valence-corrected chi connectivity index (χ3v) is 10.8. The minimum Gasteiger partial charge on any atom is -0.439 e. The summed E-state index contributed by atoms with van der Waals surface area (Å²) in [6, 6.07) is 59.4. The molecular formula is C51H40N5O+. The summed E-state index contributed by atoms with van der Waals surface area (Å²) >= 11 is 0. The minimum atomic E-state index is -0.0127. The van der Waals surface area contributed by atoms with Crippen molar-refractivity contribution in [1.82, 2.24) is 19.1 Å². The van der Waals surface area contributed by atoms with Crippen molar-refractivity contribution >= 4 is 32.8 Å². The van der Waals surface area contributed by atoms with Crippen LogP contribution in [0.25, 0.3) is 72.3 Å². The predicted octanol–water partition coefficient (Wildman–Crippen LogP) is 12.2. The van der Waals surface area contributed by atoms with Crippen LogP contribution in [0.15, 0.2) is 189 Å². The van der Waals surface area contributed by atoms with Gasteiger partial charge in [0.25, 0.3) is 6.33 Å². The number of pyridine rings is 2. The van der Waals surface area contributed by atoms with Gasteiger partial charge in [0.1, 0.15) is 22.9 Å². The Morgan fingerprint density at radius 3 is 1.93 bits per heavy atom. The van der Waals surface area contributed by atoms with Crippen LogP contribution in [0.2, 0.25) is 0 Å². The smallest absolute Gasteiger partial charge is 0.255 e.